The molecule has 108 valence electrons. The van der Waals surface area contributed by atoms with E-state index in [9.17, 15) is 14.9 Å². The van der Waals surface area contributed by atoms with Gasteiger partial charge in [-0.15, -0.1) is 11.6 Å². The fourth-order valence-corrected chi connectivity index (χ4v) is 2.78. The third-order valence-electron chi connectivity index (χ3n) is 3.56. The minimum absolute atomic E-state index is 0.0578. The van der Waals surface area contributed by atoms with Gasteiger partial charge in [0.1, 0.15) is 5.56 Å². The van der Waals surface area contributed by atoms with E-state index >= 15 is 0 Å². The molecule has 0 radical (unpaired) electrons. The molecule has 2 atom stereocenters. The van der Waals surface area contributed by atoms with Crippen LogP contribution in [0.15, 0.2) is 18.2 Å². The van der Waals surface area contributed by atoms with Gasteiger partial charge in [0.05, 0.1) is 15.3 Å². The first-order chi connectivity index (χ1) is 9.41. The number of piperidine rings is 1. The van der Waals surface area contributed by atoms with Gasteiger partial charge in [-0.3, -0.25) is 14.9 Å². The molecular weight excluding hydrogens is 303 g/mol. The summed E-state index contributed by atoms with van der Waals surface area (Å²) >= 11 is 12.1. The number of rotatable bonds is 2. The van der Waals surface area contributed by atoms with E-state index < -0.39 is 10.8 Å². The lowest BCUT2D eigenvalue weighted by molar-refractivity contribution is -0.385. The normalized spacial score (nSPS) is 22.6. The Bertz CT molecular complexity index is 550. The summed E-state index contributed by atoms with van der Waals surface area (Å²) in [6.45, 7) is 2.94. The van der Waals surface area contributed by atoms with Crippen LogP contribution in [0.5, 0.6) is 0 Å². The minimum atomic E-state index is -0.593. The molecule has 1 aromatic rings. The summed E-state index contributed by atoms with van der Waals surface area (Å²) in [5.74, 6) is -0.109. The molecule has 1 fully saturated rings. The molecule has 1 aromatic carbocycles. The average molecular weight is 317 g/mol. The number of alkyl halides is 1. The summed E-state index contributed by atoms with van der Waals surface area (Å²) in [5, 5.41) is 11.0. The maximum absolute atomic E-state index is 12.5. The van der Waals surface area contributed by atoms with Crippen molar-refractivity contribution in [2.45, 2.75) is 18.7 Å². The molecule has 20 heavy (non-hydrogen) atoms. The van der Waals surface area contributed by atoms with Crippen LogP contribution in [0.25, 0.3) is 0 Å². The molecule has 0 aliphatic carbocycles. The van der Waals surface area contributed by atoms with Crippen molar-refractivity contribution in [1.82, 2.24) is 4.90 Å². The summed E-state index contributed by atoms with van der Waals surface area (Å²) in [4.78, 5) is 24.4. The number of hydrogen-bond acceptors (Lipinski definition) is 3. The van der Waals surface area contributed by atoms with Crippen LogP contribution >= 0.6 is 23.2 Å². The van der Waals surface area contributed by atoms with Crippen molar-refractivity contribution in [3.05, 3.63) is 38.9 Å². The van der Waals surface area contributed by atoms with Gasteiger partial charge in [0.25, 0.3) is 11.6 Å². The average Bonchev–Trinajstić information content (AvgIpc) is 2.40. The molecule has 1 aliphatic heterocycles. The fourth-order valence-electron chi connectivity index (χ4n) is 2.24. The van der Waals surface area contributed by atoms with Crippen molar-refractivity contribution in [3.63, 3.8) is 0 Å². The molecule has 0 bridgehead atoms. The summed E-state index contributed by atoms with van der Waals surface area (Å²) in [6.07, 6.45) is 0.776. The number of nitro groups is 1. The lowest BCUT2D eigenvalue weighted by Gasteiger charge is -2.34. The highest BCUT2D eigenvalue weighted by molar-refractivity contribution is 6.34. The number of hydrogen-bond donors (Lipinski definition) is 0. The first-order valence-electron chi connectivity index (χ1n) is 6.28. The van der Waals surface area contributed by atoms with E-state index in [-0.39, 0.29) is 21.7 Å². The van der Waals surface area contributed by atoms with Crippen molar-refractivity contribution in [2.24, 2.45) is 5.92 Å². The Labute approximate surface area is 126 Å². The molecule has 1 saturated heterocycles. The molecule has 1 heterocycles. The smallest absolute Gasteiger partial charge is 0.283 e. The largest absolute Gasteiger partial charge is 0.337 e. The number of nitro benzene ring substituents is 1. The van der Waals surface area contributed by atoms with Gasteiger partial charge in [-0.1, -0.05) is 24.6 Å². The zero-order valence-electron chi connectivity index (χ0n) is 10.9. The van der Waals surface area contributed by atoms with E-state index in [1.807, 2.05) is 6.92 Å². The third-order valence-corrected chi connectivity index (χ3v) is 4.44. The first-order valence-corrected chi connectivity index (χ1v) is 7.09. The van der Waals surface area contributed by atoms with Crippen molar-refractivity contribution < 1.29 is 9.72 Å². The van der Waals surface area contributed by atoms with Gasteiger partial charge in [0, 0.05) is 19.2 Å². The maximum Gasteiger partial charge on any atom is 0.283 e. The van der Waals surface area contributed by atoms with Gasteiger partial charge in [0.2, 0.25) is 0 Å². The van der Waals surface area contributed by atoms with Gasteiger partial charge in [0.15, 0.2) is 0 Å². The molecular formula is C13H14Cl2N2O3. The van der Waals surface area contributed by atoms with Gasteiger partial charge in [-0.05, 0) is 18.4 Å². The minimum Gasteiger partial charge on any atom is -0.337 e. The lowest BCUT2D eigenvalue weighted by atomic mass is 9.98. The summed E-state index contributed by atoms with van der Waals surface area (Å²) < 4.78 is 0. The predicted octanol–water partition coefficient (Wildman–Crippen LogP) is 3.34. The SMILES string of the molecule is CC1CCN(C(=O)c2c(Cl)cccc2[N+](=O)[O-])CC1Cl. The molecule has 0 N–H and O–H groups in total. The standard InChI is InChI=1S/C13H14Cl2N2O3/c1-8-5-6-16(7-10(8)15)13(18)12-9(14)3-2-4-11(12)17(19)20/h2-4,8,10H,5-7H2,1H3. The highest BCUT2D eigenvalue weighted by Crippen LogP contribution is 2.30. The Morgan fingerprint density at radius 3 is 2.80 bits per heavy atom. The molecule has 1 amide bonds. The van der Waals surface area contributed by atoms with E-state index in [0.29, 0.717) is 19.0 Å². The molecule has 0 saturated carbocycles. The molecule has 1 aliphatic rings. The molecule has 7 heteroatoms. The highest BCUT2D eigenvalue weighted by atomic mass is 35.5. The lowest BCUT2D eigenvalue weighted by Crippen LogP contribution is -2.44. The number of benzene rings is 1. The topological polar surface area (TPSA) is 63.5 Å². The zero-order chi connectivity index (χ0) is 14.9. The quantitative estimate of drug-likeness (QED) is 0.477. The number of halogens is 2. The fraction of sp³-hybridized carbons (Fsp3) is 0.462. The zero-order valence-corrected chi connectivity index (χ0v) is 12.4. The molecule has 0 spiro atoms. The van der Waals surface area contributed by atoms with Crippen LogP contribution in [0.4, 0.5) is 5.69 Å². The Kier molecular flexibility index (Phi) is 4.50. The number of carbonyl (C=O) groups is 1. The number of carbonyl (C=O) groups excluding carboxylic acids is 1. The first kappa shape index (κ1) is 15.1. The number of likely N-dealkylation sites (tertiary alicyclic amines) is 1. The second-order valence-electron chi connectivity index (χ2n) is 4.92. The highest BCUT2D eigenvalue weighted by Gasteiger charge is 2.32. The predicted molar refractivity (Wildman–Crippen MR) is 77.4 cm³/mol. The number of nitrogens with zero attached hydrogens (tertiary/aromatic N) is 2. The van der Waals surface area contributed by atoms with Crippen molar-refractivity contribution >= 4 is 34.8 Å². The van der Waals surface area contributed by atoms with Gasteiger partial charge in [-0.25, -0.2) is 0 Å². The van der Waals surface area contributed by atoms with E-state index in [1.165, 1.54) is 23.1 Å². The van der Waals surface area contributed by atoms with Crippen molar-refractivity contribution in [3.8, 4) is 0 Å². The Morgan fingerprint density at radius 1 is 1.50 bits per heavy atom. The van der Waals surface area contributed by atoms with Crippen LogP contribution in [0, 0.1) is 16.0 Å². The molecule has 2 unspecified atom stereocenters. The maximum atomic E-state index is 12.5. The summed E-state index contributed by atoms with van der Waals surface area (Å²) in [6, 6.07) is 4.22. The third kappa shape index (κ3) is 2.88. The molecule has 5 nitrogen and oxygen atoms in total. The van der Waals surface area contributed by atoms with E-state index in [1.54, 1.807) is 0 Å². The van der Waals surface area contributed by atoms with Crippen molar-refractivity contribution in [1.29, 1.82) is 0 Å². The van der Waals surface area contributed by atoms with Gasteiger partial charge < -0.3 is 4.90 Å². The molecule has 0 aromatic heterocycles. The van der Waals surface area contributed by atoms with E-state index in [4.69, 9.17) is 23.2 Å². The Hall–Kier alpha value is -1.33. The van der Waals surface area contributed by atoms with Gasteiger partial charge in [-0.2, -0.15) is 0 Å². The van der Waals surface area contributed by atoms with Crippen LogP contribution in [0.3, 0.4) is 0 Å². The summed E-state index contributed by atoms with van der Waals surface area (Å²) in [5.41, 5.74) is -0.329. The van der Waals surface area contributed by atoms with Crippen LogP contribution in [0.2, 0.25) is 5.02 Å². The Morgan fingerprint density at radius 2 is 2.20 bits per heavy atom. The van der Waals surface area contributed by atoms with E-state index in [2.05, 4.69) is 0 Å². The van der Waals surface area contributed by atoms with E-state index in [0.717, 1.165) is 6.42 Å². The Balaban J connectivity index is 2.32. The second-order valence-corrected chi connectivity index (χ2v) is 5.89. The molecule has 2 rings (SSSR count). The van der Waals surface area contributed by atoms with Crippen LogP contribution in [0.1, 0.15) is 23.7 Å². The van der Waals surface area contributed by atoms with Crippen LogP contribution < -0.4 is 0 Å². The van der Waals surface area contributed by atoms with Crippen LogP contribution in [-0.2, 0) is 0 Å². The van der Waals surface area contributed by atoms with Crippen LogP contribution in [-0.4, -0.2) is 34.2 Å². The monoisotopic (exact) mass is 316 g/mol. The van der Waals surface area contributed by atoms with Crippen molar-refractivity contribution in [2.75, 3.05) is 13.1 Å². The second kappa shape index (κ2) is 5.97. The number of amides is 1. The van der Waals surface area contributed by atoms with Gasteiger partial charge >= 0.3 is 0 Å². The summed E-state index contributed by atoms with van der Waals surface area (Å²) in [7, 11) is 0.